The Morgan fingerprint density at radius 2 is 1.29 bits per heavy atom. The molecule has 17 nitrogen and oxygen atoms in total. The fourth-order valence-corrected chi connectivity index (χ4v) is 15.7. The first-order valence-electron chi connectivity index (χ1n) is 23.6. The average Bonchev–Trinajstić information content (AvgIpc) is 3.43. The number of hydrogen-bond acceptors (Lipinski definition) is 17. The van der Waals surface area contributed by atoms with Crippen molar-refractivity contribution in [2.24, 2.45) is 50.2 Å². The number of carbonyl (C=O) groups is 1. The second-order valence-electron chi connectivity index (χ2n) is 23.1. The summed E-state index contributed by atoms with van der Waals surface area (Å²) in [6.07, 6.45) is -13.1. The first kappa shape index (κ1) is 47.0. The zero-order valence-electron chi connectivity index (χ0n) is 37.9. The van der Waals surface area contributed by atoms with Crippen molar-refractivity contribution in [3.63, 3.8) is 0 Å². The van der Waals surface area contributed by atoms with Gasteiger partial charge in [0.2, 0.25) is 0 Å². The van der Waals surface area contributed by atoms with Crippen molar-refractivity contribution in [3.05, 3.63) is 0 Å². The van der Waals surface area contributed by atoms with Crippen LogP contribution in [0.2, 0.25) is 0 Å². The molecule has 0 radical (unpaired) electrons. The minimum Gasteiger partial charge on any atom is -0.455 e. The van der Waals surface area contributed by atoms with E-state index in [1.54, 1.807) is 0 Å². The van der Waals surface area contributed by atoms with Crippen molar-refractivity contribution in [1.29, 1.82) is 0 Å². The molecule has 4 heterocycles. The molecule has 4 aliphatic heterocycles. The molecule has 0 unspecified atom stereocenters. The van der Waals surface area contributed by atoms with E-state index in [2.05, 4.69) is 41.5 Å². The lowest BCUT2D eigenvalue weighted by Gasteiger charge is -2.74. The van der Waals surface area contributed by atoms with Gasteiger partial charge >= 0.3 is 5.97 Å². The van der Waals surface area contributed by atoms with Crippen LogP contribution in [0, 0.1) is 50.2 Å². The molecule has 5 aliphatic carbocycles. The molecular formula is C46H74O17. The molecule has 9 fully saturated rings. The fourth-order valence-electron chi connectivity index (χ4n) is 15.7. The highest BCUT2D eigenvalue weighted by atomic mass is 16.8. The van der Waals surface area contributed by atoms with Crippen LogP contribution in [0.25, 0.3) is 0 Å². The number of rotatable bonds is 7. The highest BCUT2D eigenvalue weighted by molar-refractivity contribution is 5.82. The third-order valence-electron chi connectivity index (χ3n) is 19.8. The topological polar surface area (TPSA) is 264 Å². The van der Waals surface area contributed by atoms with Crippen molar-refractivity contribution in [1.82, 2.24) is 0 Å². The van der Waals surface area contributed by atoms with E-state index in [1.807, 2.05) is 0 Å². The maximum absolute atomic E-state index is 14.1. The van der Waals surface area contributed by atoms with Gasteiger partial charge in [0.25, 0.3) is 0 Å². The SMILES string of the molecule is C[C@@H]1O[C@@H](O[C@H]2[C@H](O[C@H]3CC[C@]4(C)[C@H]5C[C@@H](O)[C@]67OC(=O)[C@@]8(CC[C@](C)(CO)C[C@H]86)CC[C@@]7(C)[C@]5(C)CC[C@H]4C3(C)C)OC[C@@H](O)[C@@H]2O)[C@H](O[C@@H]2OC[C@@H](O)[C@H](O)[C@H]2O)[C@H](O)[C@H]1O. The van der Waals surface area contributed by atoms with Gasteiger partial charge in [0, 0.05) is 17.9 Å². The van der Waals surface area contributed by atoms with E-state index in [0.29, 0.717) is 25.7 Å². The summed E-state index contributed by atoms with van der Waals surface area (Å²) in [6, 6.07) is 0. The zero-order valence-corrected chi connectivity index (χ0v) is 37.9. The number of esters is 1. The van der Waals surface area contributed by atoms with E-state index in [9.17, 15) is 50.8 Å². The first-order chi connectivity index (χ1) is 29.4. The Bertz CT molecular complexity index is 1740. The van der Waals surface area contributed by atoms with Crippen LogP contribution >= 0.6 is 0 Å². The van der Waals surface area contributed by atoms with Crippen LogP contribution in [0.15, 0.2) is 0 Å². The molecule has 24 atom stereocenters. The molecular weight excluding hydrogens is 824 g/mol. The van der Waals surface area contributed by atoms with E-state index in [4.69, 9.17) is 33.2 Å². The van der Waals surface area contributed by atoms with Crippen molar-refractivity contribution >= 4 is 5.97 Å². The highest BCUT2D eigenvalue weighted by Crippen LogP contribution is 2.81. The summed E-state index contributed by atoms with van der Waals surface area (Å²) in [5, 5.41) is 98.4. The third kappa shape index (κ3) is 6.52. The van der Waals surface area contributed by atoms with Crippen LogP contribution in [0.5, 0.6) is 0 Å². The Balaban J connectivity index is 0.957. The smallest absolute Gasteiger partial charge is 0.313 e. The Morgan fingerprint density at radius 1 is 0.651 bits per heavy atom. The van der Waals surface area contributed by atoms with Crippen LogP contribution < -0.4 is 0 Å². The molecule has 17 heteroatoms. The minimum atomic E-state index is -1.72. The second-order valence-corrected chi connectivity index (χ2v) is 23.1. The van der Waals surface area contributed by atoms with Gasteiger partial charge in [-0.25, -0.2) is 0 Å². The zero-order chi connectivity index (χ0) is 45.6. The summed E-state index contributed by atoms with van der Waals surface area (Å²) in [5.74, 6) is -0.126. The summed E-state index contributed by atoms with van der Waals surface area (Å²) >= 11 is 0. The summed E-state index contributed by atoms with van der Waals surface area (Å²) in [5.41, 5.74) is -3.51. The standard InChI is InChI=1S/C46H74O17/c1-21-29(51)32(54)35(61-36-33(55)30(52)22(48)18-57-36)38(59-21)62-34-31(53)23(49)19-58-37(34)60-28-9-10-42(5)24(40(28,2)3)8-11-43(6)25(42)16-27(50)46-26-17-41(4,20-47)12-14-45(26,39(56)63-46)15-13-44(43,46)7/h21-38,47-55H,8-20H2,1-7H3/t21-,22+,23+,24-,25+,26+,27+,28-,29-,30-,31-,32+,33+,34+,35+,36-,37-,38-,41-,42-,43+,44-,45-,46+/m0/s1. The number of aliphatic hydroxyl groups excluding tert-OH is 9. The lowest BCUT2D eigenvalue weighted by molar-refractivity contribution is -0.386. The number of ether oxygens (including phenoxy) is 7. The minimum absolute atomic E-state index is 0.0295. The van der Waals surface area contributed by atoms with Gasteiger partial charge in [-0.15, -0.1) is 0 Å². The lowest BCUT2D eigenvalue weighted by atomic mass is 9.30. The van der Waals surface area contributed by atoms with E-state index < -0.39 is 114 Å². The van der Waals surface area contributed by atoms with Gasteiger partial charge < -0.3 is 79.1 Å². The summed E-state index contributed by atoms with van der Waals surface area (Å²) in [4.78, 5) is 14.1. The molecule has 9 N–H and O–H groups in total. The number of aliphatic hydroxyl groups is 9. The van der Waals surface area contributed by atoms with Crippen molar-refractivity contribution in [2.45, 2.75) is 210 Å². The van der Waals surface area contributed by atoms with Crippen LogP contribution in [-0.2, 0) is 38.0 Å². The maximum Gasteiger partial charge on any atom is 0.313 e. The molecule has 4 saturated heterocycles. The van der Waals surface area contributed by atoms with E-state index in [1.165, 1.54) is 6.92 Å². The molecule has 360 valence electrons. The first-order valence-corrected chi connectivity index (χ1v) is 23.6. The van der Waals surface area contributed by atoms with Gasteiger partial charge in [-0.1, -0.05) is 41.5 Å². The predicted octanol–water partition coefficient (Wildman–Crippen LogP) is 0.630. The molecule has 0 amide bonds. The quantitative estimate of drug-likeness (QED) is 0.125. The predicted molar refractivity (Wildman–Crippen MR) is 218 cm³/mol. The Morgan fingerprint density at radius 3 is 1.98 bits per heavy atom. The van der Waals surface area contributed by atoms with Gasteiger partial charge in [0.05, 0.1) is 36.9 Å². The Kier molecular flexibility index (Phi) is 11.7. The highest BCUT2D eigenvalue weighted by Gasteiger charge is 2.83. The summed E-state index contributed by atoms with van der Waals surface area (Å²) < 4.78 is 43.3. The maximum atomic E-state index is 14.1. The van der Waals surface area contributed by atoms with Gasteiger partial charge in [-0.05, 0) is 105 Å². The third-order valence-corrected chi connectivity index (χ3v) is 19.8. The van der Waals surface area contributed by atoms with Gasteiger partial charge in [0.15, 0.2) is 18.9 Å². The fraction of sp³-hybridized carbons (Fsp3) is 0.978. The van der Waals surface area contributed by atoms with Gasteiger partial charge in [-0.3, -0.25) is 4.79 Å². The normalized spacial score (nSPS) is 58.8. The van der Waals surface area contributed by atoms with Crippen LogP contribution in [0.3, 0.4) is 0 Å². The molecule has 63 heavy (non-hydrogen) atoms. The van der Waals surface area contributed by atoms with Crippen molar-refractivity contribution < 1.29 is 83.9 Å². The van der Waals surface area contributed by atoms with E-state index in [-0.39, 0.29) is 59.8 Å². The molecule has 1 spiro atoms. The van der Waals surface area contributed by atoms with E-state index >= 15 is 0 Å². The van der Waals surface area contributed by atoms with Crippen LogP contribution in [0.4, 0.5) is 0 Å². The van der Waals surface area contributed by atoms with Crippen LogP contribution in [0.1, 0.15) is 113 Å². The largest absolute Gasteiger partial charge is 0.455 e. The molecule has 2 bridgehead atoms. The molecule has 9 rings (SSSR count). The van der Waals surface area contributed by atoms with Gasteiger partial charge in [-0.2, -0.15) is 0 Å². The average molecular weight is 899 g/mol. The van der Waals surface area contributed by atoms with Crippen molar-refractivity contribution in [2.75, 3.05) is 19.8 Å². The lowest BCUT2D eigenvalue weighted by Crippen LogP contribution is -2.76. The molecule has 0 aromatic heterocycles. The second kappa shape index (κ2) is 15.7. The number of hydrogen-bond donors (Lipinski definition) is 9. The summed E-state index contributed by atoms with van der Waals surface area (Å²) in [7, 11) is 0. The van der Waals surface area contributed by atoms with Gasteiger partial charge in [0.1, 0.15) is 60.5 Å². The number of carbonyl (C=O) groups excluding carboxylic acids is 1. The monoisotopic (exact) mass is 898 g/mol. The Labute approximate surface area is 369 Å². The van der Waals surface area contributed by atoms with E-state index in [0.717, 1.165) is 38.5 Å². The number of fused-ring (bicyclic) bond motifs is 4. The van der Waals surface area contributed by atoms with Crippen LogP contribution in [-0.4, -0.2) is 169 Å². The Hall–Kier alpha value is -1.13. The summed E-state index contributed by atoms with van der Waals surface area (Å²) in [6.45, 7) is 14.4. The molecule has 9 aliphatic rings. The van der Waals surface area contributed by atoms with Crippen molar-refractivity contribution in [3.8, 4) is 0 Å². The molecule has 0 aromatic carbocycles. The molecule has 5 saturated carbocycles. The molecule has 0 aromatic rings.